The lowest BCUT2D eigenvalue weighted by Gasteiger charge is -2.13. The maximum absolute atomic E-state index is 11.4. The van der Waals surface area contributed by atoms with Crippen molar-refractivity contribution in [3.8, 4) is 11.6 Å². The largest absolute Gasteiger partial charge is 0.466 e. The summed E-state index contributed by atoms with van der Waals surface area (Å²) in [6.45, 7) is 6.49. The van der Waals surface area contributed by atoms with Crippen molar-refractivity contribution in [3.05, 3.63) is 39.0 Å². The molecule has 1 heterocycles. The number of halogens is 3. The molecule has 0 aliphatic carbocycles. The first-order chi connectivity index (χ1) is 12.8. The monoisotopic (exact) mass is 431 g/mol. The van der Waals surface area contributed by atoms with Crippen LogP contribution in [0.4, 0.5) is 5.69 Å². The van der Waals surface area contributed by atoms with E-state index in [4.69, 9.17) is 44.3 Å². The topological polar surface area (TPSA) is 73.3 Å². The van der Waals surface area contributed by atoms with E-state index >= 15 is 0 Å². The smallest absolute Gasteiger partial charge is 0.307 e. The first kappa shape index (κ1) is 21.5. The van der Waals surface area contributed by atoms with E-state index in [-0.39, 0.29) is 29.9 Å². The third kappa shape index (κ3) is 6.13. The highest BCUT2D eigenvalue weighted by molar-refractivity contribution is 6.37. The minimum Gasteiger partial charge on any atom is -0.466 e. The van der Waals surface area contributed by atoms with Gasteiger partial charge in [-0.1, -0.05) is 48.7 Å². The molecule has 0 unspecified atom stereocenters. The average Bonchev–Trinajstić information content (AvgIpc) is 2.59. The number of hydrogen-bond donors (Lipinski definition) is 1. The highest BCUT2D eigenvalue weighted by Crippen LogP contribution is 2.39. The molecule has 1 N–H and O–H groups in total. The number of ether oxygens (including phenoxy) is 2. The minimum atomic E-state index is -0.274. The lowest BCUT2D eigenvalue weighted by molar-refractivity contribution is -0.142. The van der Waals surface area contributed by atoms with Gasteiger partial charge in [-0.25, -0.2) is 0 Å². The van der Waals surface area contributed by atoms with E-state index in [9.17, 15) is 4.79 Å². The molecule has 0 radical (unpaired) electrons. The number of benzene rings is 1. The van der Waals surface area contributed by atoms with Crippen molar-refractivity contribution in [2.75, 3.05) is 18.5 Å². The number of nitrogens with one attached hydrogen (secondary N) is 1. The number of nitrogens with zero attached hydrogens (tertiary/aromatic N) is 2. The van der Waals surface area contributed by atoms with E-state index in [2.05, 4.69) is 15.5 Å². The van der Waals surface area contributed by atoms with Gasteiger partial charge >= 0.3 is 5.97 Å². The zero-order chi connectivity index (χ0) is 20.0. The Bertz CT molecular complexity index is 793. The number of anilines is 1. The van der Waals surface area contributed by atoms with Gasteiger partial charge in [-0.2, -0.15) is 0 Å². The van der Waals surface area contributed by atoms with Gasteiger partial charge in [0, 0.05) is 18.3 Å². The van der Waals surface area contributed by atoms with Crippen molar-refractivity contribution in [2.24, 2.45) is 0 Å². The maximum atomic E-state index is 11.4. The van der Waals surface area contributed by atoms with Gasteiger partial charge in [0.15, 0.2) is 10.9 Å². The summed E-state index contributed by atoms with van der Waals surface area (Å²) >= 11 is 18.6. The van der Waals surface area contributed by atoms with Gasteiger partial charge in [0.1, 0.15) is 0 Å². The third-order valence-electron chi connectivity index (χ3n) is 3.54. The van der Waals surface area contributed by atoms with Gasteiger partial charge in [0.05, 0.1) is 23.1 Å². The number of hydrogen-bond acceptors (Lipinski definition) is 6. The Labute approximate surface area is 173 Å². The number of carbonyl (C=O) groups is 1. The molecule has 0 spiro atoms. The fourth-order valence-corrected chi connectivity index (χ4v) is 3.11. The molecule has 1 aromatic carbocycles. The Morgan fingerprint density at radius 2 is 1.81 bits per heavy atom. The summed E-state index contributed by atoms with van der Waals surface area (Å²) < 4.78 is 10.6. The standard InChI is InChI=1S/C18H20Cl3N3O3/c1-4-26-16(25)5-6-22-11-7-13(19)17(14(20)8-11)27-15-9-12(10(2)3)18(21)24-23-15/h7-10,22H,4-6H2,1-3H3. The molecule has 6 nitrogen and oxygen atoms in total. The fraction of sp³-hybridized carbons (Fsp3) is 0.389. The molecule has 0 fully saturated rings. The zero-order valence-corrected chi connectivity index (χ0v) is 17.5. The predicted molar refractivity (Wildman–Crippen MR) is 107 cm³/mol. The van der Waals surface area contributed by atoms with Crippen LogP contribution in [0.1, 0.15) is 38.7 Å². The van der Waals surface area contributed by atoms with Crippen LogP contribution >= 0.6 is 34.8 Å². The van der Waals surface area contributed by atoms with Crippen LogP contribution < -0.4 is 10.1 Å². The Balaban J connectivity index is 2.11. The van der Waals surface area contributed by atoms with Crippen LogP contribution in [-0.2, 0) is 9.53 Å². The van der Waals surface area contributed by atoms with Crippen LogP contribution in [0.2, 0.25) is 15.2 Å². The van der Waals surface area contributed by atoms with Crippen molar-refractivity contribution in [1.82, 2.24) is 10.2 Å². The Kier molecular flexibility index (Phi) is 7.95. The Morgan fingerprint density at radius 1 is 1.15 bits per heavy atom. The van der Waals surface area contributed by atoms with Gasteiger partial charge < -0.3 is 14.8 Å². The number of rotatable bonds is 8. The van der Waals surface area contributed by atoms with Crippen LogP contribution in [0.5, 0.6) is 11.6 Å². The number of aromatic nitrogens is 2. The first-order valence-electron chi connectivity index (χ1n) is 8.41. The summed E-state index contributed by atoms with van der Waals surface area (Å²) in [4.78, 5) is 11.4. The summed E-state index contributed by atoms with van der Waals surface area (Å²) in [5.74, 6) is 0.396. The van der Waals surface area contributed by atoms with Crippen molar-refractivity contribution in [1.29, 1.82) is 0 Å². The van der Waals surface area contributed by atoms with E-state index < -0.39 is 0 Å². The van der Waals surface area contributed by atoms with E-state index in [1.165, 1.54) is 0 Å². The van der Waals surface area contributed by atoms with Gasteiger partial charge in [0.2, 0.25) is 5.88 Å². The second kappa shape index (κ2) is 9.97. The predicted octanol–water partition coefficient (Wildman–Crippen LogP) is 5.72. The van der Waals surface area contributed by atoms with E-state index in [1.807, 2.05) is 13.8 Å². The van der Waals surface area contributed by atoms with Crippen molar-refractivity contribution in [3.63, 3.8) is 0 Å². The lowest BCUT2D eigenvalue weighted by atomic mass is 10.1. The van der Waals surface area contributed by atoms with Gasteiger partial charge in [-0.15, -0.1) is 10.2 Å². The lowest BCUT2D eigenvalue weighted by Crippen LogP contribution is -2.11. The Morgan fingerprint density at radius 3 is 2.41 bits per heavy atom. The molecule has 2 rings (SSSR count). The van der Waals surface area contributed by atoms with E-state index in [0.717, 1.165) is 5.56 Å². The number of carbonyl (C=O) groups excluding carboxylic acids is 1. The van der Waals surface area contributed by atoms with Crippen LogP contribution in [0.25, 0.3) is 0 Å². The molecular formula is C18H20Cl3N3O3. The molecule has 0 saturated heterocycles. The van der Waals surface area contributed by atoms with Crippen LogP contribution in [-0.4, -0.2) is 29.3 Å². The molecule has 0 bridgehead atoms. The molecular weight excluding hydrogens is 413 g/mol. The minimum absolute atomic E-state index is 0.160. The summed E-state index contributed by atoms with van der Waals surface area (Å²) in [6.07, 6.45) is 0.236. The third-order valence-corrected chi connectivity index (χ3v) is 4.40. The van der Waals surface area contributed by atoms with Gasteiger partial charge in [-0.3, -0.25) is 4.79 Å². The fourth-order valence-electron chi connectivity index (χ4n) is 2.23. The average molecular weight is 433 g/mol. The van der Waals surface area contributed by atoms with Crippen molar-refractivity contribution in [2.45, 2.75) is 33.1 Å². The molecule has 0 atom stereocenters. The van der Waals surface area contributed by atoms with E-state index in [0.29, 0.717) is 34.0 Å². The van der Waals surface area contributed by atoms with Crippen LogP contribution in [0, 0.1) is 0 Å². The second-order valence-corrected chi connectivity index (χ2v) is 7.11. The molecule has 0 aliphatic heterocycles. The summed E-state index contributed by atoms with van der Waals surface area (Å²) in [6, 6.07) is 5.01. The molecule has 146 valence electrons. The molecule has 0 amide bonds. The summed E-state index contributed by atoms with van der Waals surface area (Å²) in [5, 5.41) is 11.8. The van der Waals surface area contributed by atoms with E-state index in [1.54, 1.807) is 25.1 Å². The molecule has 1 aromatic heterocycles. The highest BCUT2D eigenvalue weighted by Gasteiger charge is 2.15. The van der Waals surface area contributed by atoms with Crippen LogP contribution in [0.3, 0.4) is 0 Å². The zero-order valence-electron chi connectivity index (χ0n) is 15.2. The van der Waals surface area contributed by atoms with Crippen molar-refractivity contribution < 1.29 is 14.3 Å². The molecule has 27 heavy (non-hydrogen) atoms. The molecule has 2 aromatic rings. The van der Waals surface area contributed by atoms with Gasteiger partial charge in [0.25, 0.3) is 0 Å². The van der Waals surface area contributed by atoms with Crippen molar-refractivity contribution >= 4 is 46.5 Å². The first-order valence-corrected chi connectivity index (χ1v) is 9.54. The quantitative estimate of drug-likeness (QED) is 0.538. The maximum Gasteiger partial charge on any atom is 0.307 e. The summed E-state index contributed by atoms with van der Waals surface area (Å²) in [7, 11) is 0. The molecule has 0 aliphatic rings. The highest BCUT2D eigenvalue weighted by atomic mass is 35.5. The summed E-state index contributed by atoms with van der Waals surface area (Å²) in [5.41, 5.74) is 1.47. The second-order valence-electron chi connectivity index (χ2n) is 5.94. The molecule has 0 saturated carbocycles. The van der Waals surface area contributed by atoms with Gasteiger partial charge in [-0.05, 0) is 30.5 Å². The van der Waals surface area contributed by atoms with Crippen LogP contribution in [0.15, 0.2) is 18.2 Å². The molecule has 9 heteroatoms. The normalized spacial score (nSPS) is 10.8. The number of esters is 1. The SMILES string of the molecule is CCOC(=O)CCNc1cc(Cl)c(Oc2cc(C(C)C)c(Cl)nn2)c(Cl)c1. The Hall–Kier alpha value is -1.76.